The molecule has 0 aliphatic heterocycles. The van der Waals surface area contributed by atoms with Crippen LogP contribution in [0.5, 0.6) is 0 Å². The van der Waals surface area contributed by atoms with Crippen LogP contribution in [0.2, 0.25) is 0 Å². The van der Waals surface area contributed by atoms with Crippen LogP contribution in [0.1, 0.15) is 30.3 Å². The van der Waals surface area contributed by atoms with E-state index in [0.29, 0.717) is 5.56 Å². The zero-order valence-electron chi connectivity index (χ0n) is 11.3. The molecule has 0 atom stereocenters. The van der Waals surface area contributed by atoms with Crippen molar-refractivity contribution in [1.29, 1.82) is 5.26 Å². The number of rotatable bonds is 4. The van der Waals surface area contributed by atoms with Crippen LogP contribution in [0.15, 0.2) is 36.7 Å². The van der Waals surface area contributed by atoms with Crippen LogP contribution in [0, 0.1) is 18.3 Å². The Morgan fingerprint density at radius 1 is 1.26 bits per heavy atom. The van der Waals surface area contributed by atoms with E-state index in [9.17, 15) is 0 Å². The summed E-state index contributed by atoms with van der Waals surface area (Å²) in [5.74, 6) is 1.27. The summed E-state index contributed by atoms with van der Waals surface area (Å²) in [5, 5.41) is 8.77. The Balaban J connectivity index is 0.00000180. The van der Waals surface area contributed by atoms with Crippen molar-refractivity contribution in [1.82, 2.24) is 4.57 Å². The van der Waals surface area contributed by atoms with E-state index in [2.05, 4.69) is 41.4 Å². The van der Waals surface area contributed by atoms with Crippen molar-refractivity contribution in [3.8, 4) is 6.07 Å². The molecule has 1 aromatic heterocycles. The van der Waals surface area contributed by atoms with Crippen molar-refractivity contribution in [3.63, 3.8) is 0 Å². The topological polar surface area (TPSA) is 32.6 Å². The van der Waals surface area contributed by atoms with Gasteiger partial charge in [-0.1, -0.05) is 19.1 Å². The zero-order valence-corrected chi connectivity index (χ0v) is 12.9. The Labute approximate surface area is 124 Å². The summed E-state index contributed by atoms with van der Waals surface area (Å²) >= 11 is 0. The standard InChI is InChI=1S/C15H18N3.BrH/c1-3-8-17-9-10-18(13(17)2)12-15-6-4-14(11-16)5-7-15;/h4-7,9-10H,3,8,12H2,1-2H3;1H/q+1;/p-1. The van der Waals surface area contributed by atoms with Crippen LogP contribution >= 0.6 is 0 Å². The minimum Gasteiger partial charge on any atom is -1.00 e. The molecule has 19 heavy (non-hydrogen) atoms. The summed E-state index contributed by atoms with van der Waals surface area (Å²) in [4.78, 5) is 0. The first-order valence-electron chi connectivity index (χ1n) is 6.29. The molecule has 4 heteroatoms. The summed E-state index contributed by atoms with van der Waals surface area (Å²) < 4.78 is 4.50. The van der Waals surface area contributed by atoms with E-state index in [0.717, 1.165) is 19.5 Å². The predicted molar refractivity (Wildman–Crippen MR) is 69.9 cm³/mol. The van der Waals surface area contributed by atoms with E-state index >= 15 is 0 Å². The Kier molecular flexibility index (Phi) is 5.78. The predicted octanol–water partition coefficient (Wildman–Crippen LogP) is -0.582. The molecule has 0 N–H and O–H groups in total. The molecule has 0 bridgehead atoms. The molecule has 0 radical (unpaired) electrons. The van der Waals surface area contributed by atoms with Crippen LogP contribution in [0.4, 0.5) is 0 Å². The van der Waals surface area contributed by atoms with E-state index < -0.39 is 0 Å². The Morgan fingerprint density at radius 3 is 2.53 bits per heavy atom. The molecule has 0 unspecified atom stereocenters. The van der Waals surface area contributed by atoms with Gasteiger partial charge in [-0.3, -0.25) is 0 Å². The first kappa shape index (κ1) is 15.5. The highest BCUT2D eigenvalue weighted by Crippen LogP contribution is 2.04. The Bertz CT molecular complexity index is 564. The molecule has 100 valence electrons. The monoisotopic (exact) mass is 319 g/mol. The maximum Gasteiger partial charge on any atom is 0.253 e. The lowest BCUT2D eigenvalue weighted by atomic mass is 10.1. The summed E-state index contributed by atoms with van der Waals surface area (Å²) in [6, 6.07) is 9.91. The van der Waals surface area contributed by atoms with Gasteiger partial charge in [0.25, 0.3) is 5.82 Å². The molecule has 2 aromatic rings. The van der Waals surface area contributed by atoms with E-state index in [1.54, 1.807) is 0 Å². The SMILES string of the molecule is CCCn1cc[n+](Cc2ccc(C#N)cc2)c1C.[Br-]. The van der Waals surface area contributed by atoms with E-state index in [1.165, 1.54) is 11.4 Å². The van der Waals surface area contributed by atoms with Crippen molar-refractivity contribution in [2.75, 3.05) is 0 Å². The number of nitriles is 1. The molecule has 0 aliphatic rings. The molecule has 0 aliphatic carbocycles. The number of halogens is 1. The fourth-order valence-electron chi connectivity index (χ4n) is 2.07. The third kappa shape index (κ3) is 3.68. The average Bonchev–Trinajstić information content (AvgIpc) is 2.73. The highest BCUT2D eigenvalue weighted by atomic mass is 79.9. The van der Waals surface area contributed by atoms with E-state index in [-0.39, 0.29) is 17.0 Å². The quantitative estimate of drug-likeness (QED) is 0.694. The highest BCUT2D eigenvalue weighted by molar-refractivity contribution is 5.31. The number of nitrogens with zero attached hydrogens (tertiary/aromatic N) is 3. The van der Waals surface area contributed by atoms with E-state index in [4.69, 9.17) is 5.26 Å². The lowest BCUT2D eigenvalue weighted by molar-refractivity contribution is -0.694. The van der Waals surface area contributed by atoms with Crippen molar-refractivity contribution in [2.24, 2.45) is 0 Å². The summed E-state index contributed by atoms with van der Waals surface area (Å²) in [6.45, 7) is 6.24. The first-order valence-corrected chi connectivity index (χ1v) is 6.29. The molecule has 0 saturated carbocycles. The van der Waals surface area contributed by atoms with Gasteiger partial charge in [0.1, 0.15) is 18.9 Å². The van der Waals surface area contributed by atoms with E-state index in [1.807, 2.05) is 24.3 Å². The van der Waals surface area contributed by atoms with Crippen molar-refractivity contribution >= 4 is 0 Å². The van der Waals surface area contributed by atoms with Gasteiger partial charge in [-0.05, 0) is 24.1 Å². The molecule has 1 heterocycles. The van der Waals surface area contributed by atoms with Gasteiger partial charge in [-0.2, -0.15) is 5.26 Å². The molecule has 0 saturated heterocycles. The molecule has 1 aromatic carbocycles. The molecule has 0 spiro atoms. The summed E-state index contributed by atoms with van der Waals surface area (Å²) in [5.41, 5.74) is 1.93. The molecule has 3 nitrogen and oxygen atoms in total. The smallest absolute Gasteiger partial charge is 0.253 e. The first-order chi connectivity index (χ1) is 8.74. The number of hydrogen-bond donors (Lipinski definition) is 0. The molecule has 0 fully saturated rings. The third-order valence-electron chi connectivity index (χ3n) is 3.16. The van der Waals surface area contributed by atoms with Crippen molar-refractivity contribution in [3.05, 3.63) is 53.6 Å². The van der Waals surface area contributed by atoms with Gasteiger partial charge in [-0.15, -0.1) is 0 Å². The number of aryl methyl sites for hydroxylation is 1. The van der Waals surface area contributed by atoms with Gasteiger partial charge in [0, 0.05) is 6.92 Å². The second kappa shape index (κ2) is 7.10. The number of benzene rings is 1. The summed E-state index contributed by atoms with van der Waals surface area (Å²) in [6.07, 6.45) is 5.39. The average molecular weight is 320 g/mol. The highest BCUT2D eigenvalue weighted by Gasteiger charge is 2.11. The van der Waals surface area contributed by atoms with Crippen molar-refractivity contribution in [2.45, 2.75) is 33.4 Å². The van der Waals surface area contributed by atoms with Crippen LogP contribution in [0.25, 0.3) is 0 Å². The summed E-state index contributed by atoms with van der Waals surface area (Å²) in [7, 11) is 0. The van der Waals surface area contributed by atoms with Gasteiger partial charge >= 0.3 is 0 Å². The largest absolute Gasteiger partial charge is 1.00 e. The van der Waals surface area contributed by atoms with Crippen molar-refractivity contribution < 1.29 is 21.5 Å². The van der Waals surface area contributed by atoms with Gasteiger partial charge < -0.3 is 17.0 Å². The maximum absolute atomic E-state index is 8.77. The Morgan fingerprint density at radius 2 is 1.95 bits per heavy atom. The number of imidazole rings is 1. The Hall–Kier alpha value is -1.60. The maximum atomic E-state index is 8.77. The second-order valence-electron chi connectivity index (χ2n) is 4.48. The number of aromatic nitrogens is 2. The number of hydrogen-bond acceptors (Lipinski definition) is 1. The van der Waals surface area contributed by atoms with Crippen LogP contribution < -0.4 is 21.5 Å². The van der Waals surface area contributed by atoms with Crippen LogP contribution in [-0.4, -0.2) is 4.57 Å². The molecular weight excluding hydrogens is 302 g/mol. The van der Waals surface area contributed by atoms with Gasteiger partial charge in [-0.25, -0.2) is 9.13 Å². The normalized spacial score (nSPS) is 9.74. The zero-order chi connectivity index (χ0) is 13.0. The second-order valence-corrected chi connectivity index (χ2v) is 4.48. The lowest BCUT2D eigenvalue weighted by Crippen LogP contribution is -3.00. The third-order valence-corrected chi connectivity index (χ3v) is 3.16. The molecule has 0 amide bonds. The minimum atomic E-state index is 0. The van der Waals surface area contributed by atoms with Gasteiger partial charge in [0.2, 0.25) is 0 Å². The van der Waals surface area contributed by atoms with Crippen LogP contribution in [-0.2, 0) is 13.1 Å². The molecule has 2 rings (SSSR count). The van der Waals surface area contributed by atoms with Gasteiger partial charge in [0.15, 0.2) is 0 Å². The minimum absolute atomic E-state index is 0. The van der Waals surface area contributed by atoms with Gasteiger partial charge in [0.05, 0.1) is 18.2 Å². The van der Waals surface area contributed by atoms with Crippen LogP contribution in [0.3, 0.4) is 0 Å². The fraction of sp³-hybridized carbons (Fsp3) is 0.333. The molecular formula is C15H18BrN3. The lowest BCUT2D eigenvalue weighted by Gasteiger charge is -2.01. The fourth-order valence-corrected chi connectivity index (χ4v) is 2.07.